The molecule has 0 aliphatic heterocycles. The van der Waals surface area contributed by atoms with Crippen LogP contribution in [0.5, 0.6) is 0 Å². The normalized spacial score (nSPS) is 17.4. The molecule has 2 unspecified atom stereocenters. The fraction of sp³-hybridized carbons (Fsp3) is 0.389. The van der Waals surface area contributed by atoms with Crippen molar-refractivity contribution in [1.82, 2.24) is 10.3 Å². The maximum atomic E-state index is 5.40. The molecule has 1 aliphatic carbocycles. The van der Waals surface area contributed by atoms with Gasteiger partial charge in [-0.1, -0.05) is 36.4 Å². The summed E-state index contributed by atoms with van der Waals surface area (Å²) in [7, 11) is 1.77. The summed E-state index contributed by atoms with van der Waals surface area (Å²) in [4.78, 5) is 4.55. The smallest absolute Gasteiger partial charge is 0.0754 e. The molecule has 1 N–H and O–H groups in total. The SMILES string of the molecule is COCC(NC(c1ccccc1)c1ccccn1)C1CC1. The molecule has 0 bridgehead atoms. The minimum Gasteiger partial charge on any atom is -0.383 e. The Hall–Kier alpha value is -1.71. The van der Waals surface area contributed by atoms with Gasteiger partial charge in [-0.15, -0.1) is 0 Å². The Kier molecular flexibility index (Phi) is 4.63. The van der Waals surface area contributed by atoms with Crippen LogP contribution in [0.3, 0.4) is 0 Å². The number of rotatable bonds is 7. The molecule has 0 saturated heterocycles. The lowest BCUT2D eigenvalue weighted by molar-refractivity contribution is 0.153. The van der Waals surface area contributed by atoms with E-state index in [0.29, 0.717) is 6.04 Å². The molecule has 3 rings (SSSR count). The van der Waals surface area contributed by atoms with Crippen molar-refractivity contribution in [3.63, 3.8) is 0 Å². The van der Waals surface area contributed by atoms with E-state index in [0.717, 1.165) is 18.2 Å². The molecule has 2 atom stereocenters. The van der Waals surface area contributed by atoms with Crippen LogP contribution < -0.4 is 5.32 Å². The molecule has 2 aromatic rings. The van der Waals surface area contributed by atoms with E-state index >= 15 is 0 Å². The first kappa shape index (κ1) is 14.2. The minimum atomic E-state index is 0.119. The summed E-state index contributed by atoms with van der Waals surface area (Å²) < 4.78 is 5.40. The second kappa shape index (κ2) is 6.83. The van der Waals surface area contributed by atoms with Gasteiger partial charge in [0.2, 0.25) is 0 Å². The molecule has 1 fully saturated rings. The molecule has 1 aromatic carbocycles. The van der Waals surface area contributed by atoms with Gasteiger partial charge in [-0.2, -0.15) is 0 Å². The quantitative estimate of drug-likeness (QED) is 0.847. The van der Waals surface area contributed by atoms with E-state index in [1.165, 1.54) is 18.4 Å². The second-order valence-corrected chi connectivity index (χ2v) is 5.66. The van der Waals surface area contributed by atoms with Crippen LogP contribution in [0.2, 0.25) is 0 Å². The highest BCUT2D eigenvalue weighted by molar-refractivity contribution is 5.27. The second-order valence-electron chi connectivity index (χ2n) is 5.66. The van der Waals surface area contributed by atoms with Crippen molar-refractivity contribution < 1.29 is 4.74 Å². The molecule has 3 nitrogen and oxygen atoms in total. The molecule has 1 aliphatic rings. The van der Waals surface area contributed by atoms with E-state index in [1.807, 2.05) is 24.4 Å². The lowest BCUT2D eigenvalue weighted by atomic mass is 10.0. The molecule has 110 valence electrons. The van der Waals surface area contributed by atoms with Crippen molar-refractivity contribution in [2.75, 3.05) is 13.7 Å². The zero-order chi connectivity index (χ0) is 14.5. The van der Waals surface area contributed by atoms with Crippen molar-refractivity contribution in [3.8, 4) is 0 Å². The van der Waals surface area contributed by atoms with Gasteiger partial charge < -0.3 is 4.74 Å². The third-order valence-corrected chi connectivity index (χ3v) is 4.03. The zero-order valence-corrected chi connectivity index (χ0v) is 12.4. The minimum absolute atomic E-state index is 0.119. The van der Waals surface area contributed by atoms with Gasteiger partial charge in [0.25, 0.3) is 0 Å². The van der Waals surface area contributed by atoms with Crippen LogP contribution in [0, 0.1) is 5.92 Å². The van der Waals surface area contributed by atoms with Crippen LogP contribution in [-0.2, 0) is 4.74 Å². The molecule has 0 radical (unpaired) electrons. The number of aromatic nitrogens is 1. The first-order valence-electron chi connectivity index (χ1n) is 7.59. The lowest BCUT2D eigenvalue weighted by Crippen LogP contribution is -2.38. The van der Waals surface area contributed by atoms with E-state index < -0.39 is 0 Å². The molecule has 3 heteroatoms. The monoisotopic (exact) mass is 282 g/mol. The van der Waals surface area contributed by atoms with Crippen molar-refractivity contribution in [3.05, 3.63) is 66.0 Å². The van der Waals surface area contributed by atoms with Gasteiger partial charge in [0.05, 0.1) is 18.3 Å². The Morgan fingerprint density at radius 3 is 2.52 bits per heavy atom. The van der Waals surface area contributed by atoms with Crippen LogP contribution in [0.15, 0.2) is 54.7 Å². The Morgan fingerprint density at radius 2 is 1.90 bits per heavy atom. The molecule has 1 aromatic heterocycles. The van der Waals surface area contributed by atoms with Gasteiger partial charge in [0, 0.05) is 19.3 Å². The average Bonchev–Trinajstić information content (AvgIpc) is 3.38. The third kappa shape index (κ3) is 3.69. The number of hydrogen-bond acceptors (Lipinski definition) is 3. The average molecular weight is 282 g/mol. The van der Waals surface area contributed by atoms with Crippen molar-refractivity contribution in [2.24, 2.45) is 5.92 Å². The fourth-order valence-corrected chi connectivity index (χ4v) is 2.76. The summed E-state index contributed by atoms with van der Waals surface area (Å²) in [6.07, 6.45) is 4.45. The zero-order valence-electron chi connectivity index (χ0n) is 12.4. The first-order valence-corrected chi connectivity index (χ1v) is 7.59. The van der Waals surface area contributed by atoms with Crippen LogP contribution in [0.4, 0.5) is 0 Å². The largest absolute Gasteiger partial charge is 0.383 e. The Bertz CT molecular complexity index is 500. The van der Waals surface area contributed by atoms with Crippen LogP contribution in [0.25, 0.3) is 0 Å². The Balaban J connectivity index is 1.85. The topological polar surface area (TPSA) is 34.1 Å². The van der Waals surface area contributed by atoms with Crippen LogP contribution in [0.1, 0.15) is 30.1 Å². The van der Waals surface area contributed by atoms with Crippen LogP contribution in [-0.4, -0.2) is 24.7 Å². The van der Waals surface area contributed by atoms with Gasteiger partial charge in [-0.3, -0.25) is 10.3 Å². The van der Waals surface area contributed by atoms with Gasteiger partial charge in [0.15, 0.2) is 0 Å². The third-order valence-electron chi connectivity index (χ3n) is 4.03. The Labute approximate surface area is 126 Å². The standard InChI is InChI=1S/C18H22N2O/c1-21-13-17(14-10-11-14)20-18(15-7-3-2-4-8-15)16-9-5-6-12-19-16/h2-9,12,14,17-18,20H,10-11,13H2,1H3. The van der Waals surface area contributed by atoms with E-state index in [-0.39, 0.29) is 6.04 Å². The highest BCUT2D eigenvalue weighted by Gasteiger charge is 2.33. The summed E-state index contributed by atoms with van der Waals surface area (Å²) in [5, 5.41) is 3.76. The number of methoxy groups -OCH3 is 1. The summed E-state index contributed by atoms with van der Waals surface area (Å²) in [6.45, 7) is 0.751. The van der Waals surface area contributed by atoms with E-state index in [1.54, 1.807) is 7.11 Å². The van der Waals surface area contributed by atoms with Gasteiger partial charge in [0.1, 0.15) is 0 Å². The summed E-state index contributed by atoms with van der Waals surface area (Å²) in [5.41, 5.74) is 2.31. The number of nitrogens with one attached hydrogen (secondary N) is 1. The highest BCUT2D eigenvalue weighted by Crippen LogP contribution is 2.34. The van der Waals surface area contributed by atoms with Gasteiger partial charge >= 0.3 is 0 Å². The van der Waals surface area contributed by atoms with Crippen molar-refractivity contribution in [1.29, 1.82) is 0 Å². The maximum Gasteiger partial charge on any atom is 0.0754 e. The molecule has 0 spiro atoms. The number of nitrogens with zero attached hydrogens (tertiary/aromatic N) is 1. The molecular weight excluding hydrogens is 260 g/mol. The van der Waals surface area contributed by atoms with E-state index in [4.69, 9.17) is 4.74 Å². The molecule has 1 heterocycles. The highest BCUT2D eigenvalue weighted by atomic mass is 16.5. The first-order chi connectivity index (χ1) is 10.4. The number of hydrogen-bond donors (Lipinski definition) is 1. The van der Waals surface area contributed by atoms with Crippen molar-refractivity contribution >= 4 is 0 Å². The van der Waals surface area contributed by atoms with E-state index in [9.17, 15) is 0 Å². The maximum absolute atomic E-state index is 5.40. The van der Waals surface area contributed by atoms with E-state index in [2.05, 4.69) is 40.6 Å². The summed E-state index contributed by atoms with van der Waals surface area (Å²) >= 11 is 0. The van der Waals surface area contributed by atoms with Gasteiger partial charge in [-0.25, -0.2) is 0 Å². The van der Waals surface area contributed by atoms with Crippen molar-refractivity contribution in [2.45, 2.75) is 24.9 Å². The number of pyridine rings is 1. The number of ether oxygens (including phenoxy) is 1. The summed E-state index contributed by atoms with van der Waals surface area (Å²) in [5.74, 6) is 0.736. The number of benzene rings is 1. The Morgan fingerprint density at radius 1 is 1.14 bits per heavy atom. The molecule has 21 heavy (non-hydrogen) atoms. The van der Waals surface area contributed by atoms with Gasteiger partial charge in [-0.05, 0) is 36.5 Å². The predicted molar refractivity (Wildman–Crippen MR) is 84.0 cm³/mol. The fourth-order valence-electron chi connectivity index (χ4n) is 2.76. The molecule has 1 saturated carbocycles. The predicted octanol–water partition coefficient (Wildman–Crippen LogP) is 3.19. The summed E-state index contributed by atoms with van der Waals surface area (Å²) in [6, 6.07) is 17.1. The molecule has 0 amide bonds. The molecular formula is C18H22N2O. The lowest BCUT2D eigenvalue weighted by Gasteiger charge is -2.25. The van der Waals surface area contributed by atoms with Crippen LogP contribution >= 0.6 is 0 Å².